The van der Waals surface area contributed by atoms with Crippen LogP contribution in [-0.4, -0.2) is 57.1 Å². The number of sulfone groups is 1. The molecule has 2 aromatic rings. The molecule has 0 radical (unpaired) electrons. The molecule has 1 aromatic heterocycles. The van der Waals surface area contributed by atoms with Gasteiger partial charge in [0.25, 0.3) is 0 Å². The van der Waals surface area contributed by atoms with Crippen molar-refractivity contribution in [2.75, 3.05) is 32.4 Å². The summed E-state index contributed by atoms with van der Waals surface area (Å²) in [5, 5.41) is 12.7. The molecule has 0 amide bonds. The maximum absolute atomic E-state index is 11.7. The molecule has 2 aliphatic rings. The van der Waals surface area contributed by atoms with E-state index in [2.05, 4.69) is 21.6 Å². The summed E-state index contributed by atoms with van der Waals surface area (Å²) in [6.07, 6.45) is 7.41. The molecule has 150 valence electrons. The van der Waals surface area contributed by atoms with Crippen LogP contribution in [0.3, 0.4) is 0 Å². The fraction of sp³-hybridized carbons (Fsp3) is 0.524. The molecular formula is C21H29N4O2S+. The van der Waals surface area contributed by atoms with Gasteiger partial charge in [-0.1, -0.05) is 17.2 Å². The first kappa shape index (κ1) is 19.5. The third-order valence-electron chi connectivity index (χ3n) is 6.31. The highest BCUT2D eigenvalue weighted by atomic mass is 32.2. The van der Waals surface area contributed by atoms with Crippen molar-refractivity contribution >= 4 is 15.7 Å². The molecule has 0 spiro atoms. The van der Waals surface area contributed by atoms with Gasteiger partial charge in [-0.05, 0) is 37.5 Å². The Hall–Kier alpha value is -1.83. The van der Waals surface area contributed by atoms with E-state index in [9.17, 15) is 8.42 Å². The zero-order chi connectivity index (χ0) is 19.6. The minimum Gasteiger partial charge on any atom is -0.316 e. The molecule has 1 aromatic carbocycles. The summed E-state index contributed by atoms with van der Waals surface area (Å²) >= 11 is 0. The molecule has 0 unspecified atom stereocenters. The second kappa shape index (κ2) is 7.89. The number of nitrogens with zero attached hydrogens (tertiary/aromatic N) is 3. The van der Waals surface area contributed by atoms with Crippen molar-refractivity contribution in [3.63, 3.8) is 0 Å². The summed E-state index contributed by atoms with van der Waals surface area (Å²) in [7, 11) is -3.19. The number of aromatic nitrogens is 2. The van der Waals surface area contributed by atoms with Gasteiger partial charge in [-0.3, -0.25) is 4.48 Å². The highest BCUT2D eigenvalue weighted by molar-refractivity contribution is 7.90. The van der Waals surface area contributed by atoms with Gasteiger partial charge in [0.2, 0.25) is 5.82 Å². The predicted molar refractivity (Wildman–Crippen MR) is 112 cm³/mol. The maximum atomic E-state index is 11.7. The van der Waals surface area contributed by atoms with Gasteiger partial charge in [0.15, 0.2) is 9.84 Å². The number of quaternary nitrogens is 1. The molecule has 0 aliphatic carbocycles. The average molecular weight is 402 g/mol. The minimum atomic E-state index is -3.19. The molecule has 2 fully saturated rings. The Bertz CT molecular complexity index is 898. The standard InChI is InChI=1S/C21H29N4O2S/c1-28(26,27)19-7-5-17(6-8-19)20-9-10-21(24-23-20)25(15-3-2-4-16-25)18-11-13-22-14-12-18/h5-10,18,22H,2-4,11-16H2,1H3/q+1. The number of hydrogen-bond donors (Lipinski definition) is 1. The lowest BCUT2D eigenvalue weighted by molar-refractivity contribution is 0.133. The Morgan fingerprint density at radius 1 is 0.929 bits per heavy atom. The normalized spacial score (nSPS) is 20.8. The van der Waals surface area contributed by atoms with Gasteiger partial charge in [-0.15, -0.1) is 5.10 Å². The van der Waals surface area contributed by atoms with Crippen LogP contribution in [0, 0.1) is 0 Å². The fourth-order valence-electron chi connectivity index (χ4n) is 4.75. The largest absolute Gasteiger partial charge is 0.316 e. The zero-order valence-electron chi connectivity index (χ0n) is 16.5. The lowest BCUT2D eigenvalue weighted by Crippen LogP contribution is -2.62. The van der Waals surface area contributed by atoms with E-state index >= 15 is 0 Å². The molecule has 0 atom stereocenters. The molecule has 4 rings (SSSR count). The van der Waals surface area contributed by atoms with Crippen LogP contribution in [0.25, 0.3) is 11.3 Å². The Kier molecular flexibility index (Phi) is 5.49. The Labute approximate surface area is 167 Å². The third-order valence-corrected chi connectivity index (χ3v) is 7.44. The minimum absolute atomic E-state index is 0.324. The lowest BCUT2D eigenvalue weighted by Gasteiger charge is -2.47. The quantitative estimate of drug-likeness (QED) is 0.798. The van der Waals surface area contributed by atoms with E-state index in [0.29, 0.717) is 10.9 Å². The van der Waals surface area contributed by atoms with Crippen LogP contribution in [0.2, 0.25) is 0 Å². The summed E-state index contributed by atoms with van der Waals surface area (Å²) in [5.41, 5.74) is 1.67. The molecule has 3 heterocycles. The van der Waals surface area contributed by atoms with Crippen LogP contribution < -0.4 is 9.80 Å². The van der Waals surface area contributed by atoms with Crippen molar-refractivity contribution in [2.24, 2.45) is 0 Å². The number of piperidine rings is 2. The average Bonchev–Trinajstić information content (AvgIpc) is 2.74. The molecule has 28 heavy (non-hydrogen) atoms. The van der Waals surface area contributed by atoms with Crippen molar-refractivity contribution in [3.8, 4) is 11.3 Å². The van der Waals surface area contributed by atoms with Crippen molar-refractivity contribution in [1.29, 1.82) is 0 Å². The molecule has 0 bridgehead atoms. The molecule has 2 aliphatic heterocycles. The van der Waals surface area contributed by atoms with Gasteiger partial charge < -0.3 is 5.32 Å². The van der Waals surface area contributed by atoms with Gasteiger partial charge in [0.05, 0.1) is 29.7 Å². The number of nitrogens with one attached hydrogen (secondary N) is 1. The number of hydrogen-bond acceptors (Lipinski definition) is 5. The van der Waals surface area contributed by atoms with Crippen LogP contribution in [0.5, 0.6) is 0 Å². The van der Waals surface area contributed by atoms with Crippen molar-refractivity contribution < 1.29 is 8.42 Å². The second-order valence-corrected chi connectivity index (χ2v) is 10.1. The first-order valence-electron chi connectivity index (χ1n) is 10.2. The van der Waals surface area contributed by atoms with Crippen LogP contribution in [0.4, 0.5) is 5.82 Å². The van der Waals surface area contributed by atoms with Crippen molar-refractivity contribution in [3.05, 3.63) is 36.4 Å². The van der Waals surface area contributed by atoms with E-state index in [1.54, 1.807) is 24.3 Å². The Morgan fingerprint density at radius 2 is 1.61 bits per heavy atom. The lowest BCUT2D eigenvalue weighted by atomic mass is 9.96. The molecule has 6 nitrogen and oxygen atoms in total. The van der Waals surface area contributed by atoms with E-state index < -0.39 is 9.84 Å². The summed E-state index contributed by atoms with van der Waals surface area (Å²) in [5.74, 6) is 1.09. The first-order chi connectivity index (χ1) is 13.5. The number of rotatable bonds is 4. The zero-order valence-corrected chi connectivity index (χ0v) is 17.3. The van der Waals surface area contributed by atoms with Gasteiger partial charge in [-0.25, -0.2) is 8.42 Å². The fourth-order valence-corrected chi connectivity index (χ4v) is 5.38. The maximum Gasteiger partial charge on any atom is 0.247 e. The summed E-state index contributed by atoms with van der Waals surface area (Å²) in [6.45, 7) is 4.48. The van der Waals surface area contributed by atoms with E-state index in [0.717, 1.165) is 47.7 Å². The van der Waals surface area contributed by atoms with Crippen LogP contribution >= 0.6 is 0 Å². The third kappa shape index (κ3) is 3.83. The van der Waals surface area contributed by atoms with Crippen LogP contribution in [0.1, 0.15) is 32.1 Å². The molecular weight excluding hydrogens is 372 g/mol. The van der Waals surface area contributed by atoms with Crippen LogP contribution in [0.15, 0.2) is 41.3 Å². The smallest absolute Gasteiger partial charge is 0.247 e. The van der Waals surface area contributed by atoms with E-state index in [1.165, 1.54) is 38.4 Å². The van der Waals surface area contributed by atoms with Gasteiger partial charge >= 0.3 is 0 Å². The highest BCUT2D eigenvalue weighted by Crippen LogP contribution is 2.34. The Balaban J connectivity index is 1.62. The Morgan fingerprint density at radius 3 is 2.18 bits per heavy atom. The molecule has 0 saturated carbocycles. The van der Waals surface area contributed by atoms with E-state index in [1.807, 2.05) is 6.07 Å². The molecule has 7 heteroatoms. The predicted octanol–water partition coefficient (Wildman–Crippen LogP) is 2.79. The summed E-state index contributed by atoms with van der Waals surface area (Å²) in [4.78, 5) is 0.324. The number of benzene rings is 1. The van der Waals surface area contributed by atoms with Gasteiger partial charge in [0.1, 0.15) is 0 Å². The second-order valence-electron chi connectivity index (χ2n) is 8.10. The molecule has 2 saturated heterocycles. The van der Waals surface area contributed by atoms with E-state index in [4.69, 9.17) is 0 Å². The van der Waals surface area contributed by atoms with E-state index in [-0.39, 0.29) is 0 Å². The topological polar surface area (TPSA) is 72.0 Å². The van der Waals surface area contributed by atoms with Crippen molar-refractivity contribution in [1.82, 2.24) is 20.0 Å². The van der Waals surface area contributed by atoms with Crippen LogP contribution in [-0.2, 0) is 9.84 Å². The van der Waals surface area contributed by atoms with Gasteiger partial charge in [-0.2, -0.15) is 0 Å². The SMILES string of the molecule is CS(=O)(=O)c1ccc(-c2ccc([N+]3(C4CCNCC4)CCCCC3)nn2)cc1. The molecule has 1 N–H and O–H groups in total. The van der Waals surface area contributed by atoms with Crippen molar-refractivity contribution in [2.45, 2.75) is 43.0 Å². The van der Waals surface area contributed by atoms with Gasteiger partial charge in [0, 0.05) is 43.8 Å². The number of likely N-dealkylation sites (tertiary alicyclic amines) is 1. The summed E-state index contributed by atoms with van der Waals surface area (Å²) in [6, 6.07) is 11.7. The first-order valence-corrected chi connectivity index (χ1v) is 12.1. The highest BCUT2D eigenvalue weighted by Gasteiger charge is 2.42. The monoisotopic (exact) mass is 401 g/mol. The summed E-state index contributed by atoms with van der Waals surface area (Å²) < 4.78 is 24.3.